The Morgan fingerprint density at radius 3 is 2.46 bits per heavy atom. The van der Waals surface area contributed by atoms with E-state index in [-0.39, 0.29) is 5.75 Å². The van der Waals surface area contributed by atoms with Crippen molar-refractivity contribution in [3.05, 3.63) is 71.4 Å². The molecule has 0 fully saturated rings. The minimum Gasteiger partial charge on any atom is -0.279 e. The summed E-state index contributed by atoms with van der Waals surface area (Å²) in [6, 6.07) is 16.4. The average Bonchev–Trinajstić information content (AvgIpc) is 2.90. The summed E-state index contributed by atoms with van der Waals surface area (Å²) in [6.45, 7) is 0. The zero-order valence-electron chi connectivity index (χ0n) is 13.0. The van der Waals surface area contributed by atoms with Crippen LogP contribution in [0.2, 0.25) is 5.02 Å². The summed E-state index contributed by atoms with van der Waals surface area (Å²) in [5.74, 6) is -0.199. The maximum atomic E-state index is 12.5. The van der Waals surface area contributed by atoms with E-state index < -0.39 is 10.0 Å². The molecule has 0 aliphatic heterocycles. The first-order valence-corrected chi connectivity index (χ1v) is 9.30. The molecule has 24 heavy (non-hydrogen) atoms. The number of nitrogens with one attached hydrogen (secondary N) is 1. The van der Waals surface area contributed by atoms with Gasteiger partial charge in [-0.2, -0.15) is 5.10 Å². The van der Waals surface area contributed by atoms with E-state index >= 15 is 0 Å². The van der Waals surface area contributed by atoms with Gasteiger partial charge < -0.3 is 0 Å². The van der Waals surface area contributed by atoms with Crippen molar-refractivity contribution < 1.29 is 8.42 Å². The molecule has 0 saturated heterocycles. The number of hydrogen-bond acceptors (Lipinski definition) is 3. The van der Waals surface area contributed by atoms with Crippen molar-refractivity contribution in [2.45, 2.75) is 5.75 Å². The van der Waals surface area contributed by atoms with Gasteiger partial charge in [0.1, 0.15) is 0 Å². The van der Waals surface area contributed by atoms with E-state index in [1.165, 1.54) is 6.20 Å². The molecule has 0 aliphatic rings. The number of benzene rings is 2. The summed E-state index contributed by atoms with van der Waals surface area (Å²) in [6.07, 6.45) is 1.51. The van der Waals surface area contributed by atoms with Gasteiger partial charge in [0, 0.05) is 17.6 Å². The van der Waals surface area contributed by atoms with Crippen molar-refractivity contribution in [1.82, 2.24) is 9.78 Å². The van der Waals surface area contributed by atoms with Gasteiger partial charge in [-0.15, -0.1) is 0 Å². The van der Waals surface area contributed by atoms with Crippen LogP contribution in [0.25, 0.3) is 11.3 Å². The summed E-state index contributed by atoms with van der Waals surface area (Å²) >= 11 is 6.06. The molecule has 0 bridgehead atoms. The second-order valence-electron chi connectivity index (χ2n) is 5.35. The predicted molar refractivity (Wildman–Crippen MR) is 96.3 cm³/mol. The first kappa shape index (κ1) is 16.5. The minimum atomic E-state index is -3.62. The van der Waals surface area contributed by atoms with E-state index in [4.69, 9.17) is 11.6 Å². The molecule has 5 nitrogen and oxygen atoms in total. The lowest BCUT2D eigenvalue weighted by molar-refractivity contribution is 0.600. The van der Waals surface area contributed by atoms with Crippen LogP contribution >= 0.6 is 11.6 Å². The Kier molecular flexibility index (Phi) is 4.59. The number of sulfonamides is 1. The van der Waals surface area contributed by atoms with Gasteiger partial charge in [-0.1, -0.05) is 60.1 Å². The van der Waals surface area contributed by atoms with Gasteiger partial charge in [0.05, 0.1) is 23.3 Å². The molecule has 1 aromatic heterocycles. The lowest BCUT2D eigenvalue weighted by atomic mass is 10.1. The van der Waals surface area contributed by atoms with Crippen molar-refractivity contribution in [2.75, 3.05) is 4.72 Å². The molecule has 0 radical (unpaired) electrons. The minimum absolute atomic E-state index is 0.199. The number of hydrogen-bond donors (Lipinski definition) is 1. The third-order valence-corrected chi connectivity index (χ3v) is 5.15. The topological polar surface area (TPSA) is 64.0 Å². The van der Waals surface area contributed by atoms with Crippen molar-refractivity contribution in [2.24, 2.45) is 7.05 Å². The Bertz CT molecular complexity index is 953. The number of halogens is 1. The van der Waals surface area contributed by atoms with Gasteiger partial charge in [-0.3, -0.25) is 9.40 Å². The van der Waals surface area contributed by atoms with Crippen molar-refractivity contribution >= 4 is 27.3 Å². The van der Waals surface area contributed by atoms with Gasteiger partial charge in [0.2, 0.25) is 10.0 Å². The van der Waals surface area contributed by atoms with E-state index in [2.05, 4.69) is 9.82 Å². The second-order valence-corrected chi connectivity index (χ2v) is 7.48. The standard InChI is InChI=1S/C17H16ClN3O2S/c1-21-17(13-7-3-2-4-8-13)16(11-19-21)20-24(22,23)12-14-9-5-6-10-15(14)18/h2-11,20H,12H2,1H3. The number of anilines is 1. The molecule has 0 spiro atoms. The Morgan fingerprint density at radius 1 is 1.08 bits per heavy atom. The first-order valence-electron chi connectivity index (χ1n) is 7.27. The average molecular weight is 362 g/mol. The molecule has 0 amide bonds. The number of aromatic nitrogens is 2. The summed E-state index contributed by atoms with van der Waals surface area (Å²) in [7, 11) is -1.84. The molecule has 0 saturated carbocycles. The first-order chi connectivity index (χ1) is 11.5. The molecule has 0 aliphatic carbocycles. The smallest absolute Gasteiger partial charge is 0.237 e. The van der Waals surface area contributed by atoms with E-state index in [9.17, 15) is 8.42 Å². The quantitative estimate of drug-likeness (QED) is 0.753. The molecule has 124 valence electrons. The highest BCUT2D eigenvalue weighted by Gasteiger charge is 2.18. The maximum Gasteiger partial charge on any atom is 0.237 e. The Balaban J connectivity index is 1.90. The number of rotatable bonds is 5. The third kappa shape index (κ3) is 3.60. The van der Waals surface area contributed by atoms with Gasteiger partial charge >= 0.3 is 0 Å². The fourth-order valence-corrected chi connectivity index (χ4v) is 3.97. The predicted octanol–water partition coefficient (Wildman–Crippen LogP) is 3.68. The maximum absolute atomic E-state index is 12.5. The van der Waals surface area contributed by atoms with Crippen molar-refractivity contribution in [3.63, 3.8) is 0 Å². The van der Waals surface area contributed by atoms with E-state index in [0.29, 0.717) is 22.0 Å². The van der Waals surface area contributed by atoms with Gasteiger partial charge in [0.15, 0.2) is 0 Å². The van der Waals surface area contributed by atoms with Gasteiger partial charge in [-0.25, -0.2) is 8.42 Å². The molecule has 1 heterocycles. The fourth-order valence-electron chi connectivity index (χ4n) is 2.47. The van der Waals surface area contributed by atoms with Crippen LogP contribution in [0.5, 0.6) is 0 Å². The largest absolute Gasteiger partial charge is 0.279 e. The van der Waals surface area contributed by atoms with Gasteiger partial charge in [-0.05, 0) is 11.6 Å². The van der Waals surface area contributed by atoms with E-state index in [1.807, 2.05) is 30.3 Å². The van der Waals surface area contributed by atoms with E-state index in [1.54, 1.807) is 36.0 Å². The number of nitrogens with zero attached hydrogens (tertiary/aromatic N) is 2. The molecule has 3 rings (SSSR count). The Hall–Kier alpha value is -2.31. The van der Waals surface area contributed by atoms with Crippen LogP contribution in [0, 0.1) is 0 Å². The molecular formula is C17H16ClN3O2S. The second kappa shape index (κ2) is 6.67. The Morgan fingerprint density at radius 2 is 1.75 bits per heavy atom. The highest BCUT2D eigenvalue weighted by Crippen LogP contribution is 2.28. The third-order valence-electron chi connectivity index (χ3n) is 3.55. The van der Waals surface area contributed by atoms with Gasteiger partial charge in [0.25, 0.3) is 0 Å². The summed E-state index contributed by atoms with van der Waals surface area (Å²) in [5.41, 5.74) is 2.58. The van der Waals surface area contributed by atoms with Crippen LogP contribution < -0.4 is 4.72 Å². The SMILES string of the molecule is Cn1ncc(NS(=O)(=O)Cc2ccccc2Cl)c1-c1ccccc1. The van der Waals surface area contributed by atoms with Crippen LogP contribution in [0.1, 0.15) is 5.56 Å². The summed E-state index contributed by atoms with van der Waals surface area (Å²) in [4.78, 5) is 0. The summed E-state index contributed by atoms with van der Waals surface area (Å²) in [5, 5.41) is 4.59. The summed E-state index contributed by atoms with van der Waals surface area (Å²) < 4.78 is 29.3. The Labute approximate surface area is 145 Å². The lowest BCUT2D eigenvalue weighted by Crippen LogP contribution is -2.15. The zero-order valence-corrected chi connectivity index (χ0v) is 14.6. The van der Waals surface area contributed by atoms with Crippen molar-refractivity contribution in [1.29, 1.82) is 0 Å². The highest BCUT2D eigenvalue weighted by molar-refractivity contribution is 7.91. The van der Waals surface area contributed by atoms with Crippen LogP contribution in [0.15, 0.2) is 60.8 Å². The van der Waals surface area contributed by atoms with E-state index in [0.717, 1.165) is 5.56 Å². The molecule has 2 aromatic carbocycles. The highest BCUT2D eigenvalue weighted by atomic mass is 35.5. The van der Waals surface area contributed by atoms with Crippen LogP contribution in [0.3, 0.4) is 0 Å². The monoisotopic (exact) mass is 361 g/mol. The van der Waals surface area contributed by atoms with Crippen molar-refractivity contribution in [3.8, 4) is 11.3 Å². The molecule has 1 N–H and O–H groups in total. The number of aryl methyl sites for hydroxylation is 1. The molecule has 0 unspecified atom stereocenters. The fraction of sp³-hybridized carbons (Fsp3) is 0.118. The molecule has 7 heteroatoms. The van der Waals surface area contributed by atoms with Crippen LogP contribution in [-0.4, -0.2) is 18.2 Å². The van der Waals surface area contributed by atoms with Crippen LogP contribution in [-0.2, 0) is 22.8 Å². The molecular weight excluding hydrogens is 346 g/mol. The normalized spacial score (nSPS) is 11.4. The van der Waals surface area contributed by atoms with Crippen LogP contribution in [0.4, 0.5) is 5.69 Å². The lowest BCUT2D eigenvalue weighted by Gasteiger charge is -2.10. The molecule has 0 atom stereocenters. The zero-order chi connectivity index (χ0) is 17.2. The molecule has 3 aromatic rings.